The van der Waals surface area contributed by atoms with Crippen LogP contribution in [0.4, 0.5) is 0 Å². The molecule has 2 aliphatic rings. The molecule has 0 bridgehead atoms. The van der Waals surface area contributed by atoms with E-state index >= 15 is 0 Å². The van der Waals surface area contributed by atoms with Crippen LogP contribution in [0.5, 0.6) is 0 Å². The average molecular weight is 403 g/mol. The first-order chi connectivity index (χ1) is 13.0. The molecular weight excluding hydrogens is 364 g/mol. The Morgan fingerprint density at radius 3 is 2.29 bits per heavy atom. The molecule has 1 N–H and O–H groups in total. The lowest BCUT2D eigenvalue weighted by atomic mass is 9.80. The zero-order valence-electron chi connectivity index (χ0n) is 18.4. The molecule has 2 aliphatic heterocycles. The molecule has 0 aromatic heterocycles. The van der Waals surface area contributed by atoms with Crippen molar-refractivity contribution >= 4 is 5.97 Å². The van der Waals surface area contributed by atoms with E-state index in [1.54, 1.807) is 7.11 Å². The molecule has 2 rings (SSSR count). The smallest absolute Gasteiger partial charge is 0.314 e. The van der Waals surface area contributed by atoms with Crippen LogP contribution in [0.2, 0.25) is 0 Å². The fourth-order valence-electron chi connectivity index (χ4n) is 4.27. The van der Waals surface area contributed by atoms with Crippen LogP contribution in [0.1, 0.15) is 60.8 Å². The Morgan fingerprint density at radius 2 is 1.79 bits per heavy atom. The molecule has 7 nitrogen and oxygen atoms in total. The Hall–Kier alpha value is -0.730. The van der Waals surface area contributed by atoms with E-state index in [1.165, 1.54) is 0 Å². The molecule has 2 saturated heterocycles. The standard InChI is InChI=1S/C21H38O7/c1-8-16(18(23)28-19(4,5)6)21(25-11-12-26-21)10-9-20(24-7)15(3)17(22)14(2)13-27-20/h14-17,22H,8-13H2,1-7H3/t14-,15+,16?,17+,20+/m1/s1. The van der Waals surface area contributed by atoms with Gasteiger partial charge in [0.15, 0.2) is 11.6 Å². The third-order valence-corrected chi connectivity index (χ3v) is 5.95. The van der Waals surface area contributed by atoms with E-state index in [0.29, 0.717) is 39.1 Å². The van der Waals surface area contributed by atoms with Gasteiger partial charge in [-0.2, -0.15) is 0 Å². The molecule has 28 heavy (non-hydrogen) atoms. The van der Waals surface area contributed by atoms with Gasteiger partial charge < -0.3 is 28.8 Å². The predicted octanol–water partition coefficient (Wildman–Crippen LogP) is 2.88. The van der Waals surface area contributed by atoms with Crippen molar-refractivity contribution in [3.05, 3.63) is 0 Å². The number of ether oxygens (including phenoxy) is 5. The molecule has 0 saturated carbocycles. The van der Waals surface area contributed by atoms with Gasteiger partial charge in [0.05, 0.1) is 25.9 Å². The lowest BCUT2D eigenvalue weighted by Crippen LogP contribution is -2.56. The highest BCUT2D eigenvalue weighted by Gasteiger charge is 2.53. The van der Waals surface area contributed by atoms with Crippen LogP contribution in [-0.2, 0) is 28.5 Å². The summed E-state index contributed by atoms with van der Waals surface area (Å²) in [6, 6.07) is 0. The molecule has 2 heterocycles. The van der Waals surface area contributed by atoms with Gasteiger partial charge in [-0.05, 0) is 27.2 Å². The summed E-state index contributed by atoms with van der Waals surface area (Å²) >= 11 is 0. The van der Waals surface area contributed by atoms with E-state index in [2.05, 4.69) is 0 Å². The van der Waals surface area contributed by atoms with E-state index < -0.39 is 29.2 Å². The van der Waals surface area contributed by atoms with Crippen LogP contribution >= 0.6 is 0 Å². The molecule has 2 fully saturated rings. The second kappa shape index (κ2) is 8.96. The lowest BCUT2D eigenvalue weighted by Gasteiger charge is -2.47. The number of aliphatic hydroxyl groups excluding tert-OH is 1. The summed E-state index contributed by atoms with van der Waals surface area (Å²) in [7, 11) is 1.59. The van der Waals surface area contributed by atoms with Crippen molar-refractivity contribution in [2.75, 3.05) is 26.9 Å². The summed E-state index contributed by atoms with van der Waals surface area (Å²) in [5, 5.41) is 10.5. The van der Waals surface area contributed by atoms with Gasteiger partial charge in [-0.25, -0.2) is 0 Å². The fraction of sp³-hybridized carbons (Fsp3) is 0.952. The Kier molecular flexibility index (Phi) is 7.54. The summed E-state index contributed by atoms with van der Waals surface area (Å²) in [5.41, 5.74) is -0.584. The lowest BCUT2D eigenvalue weighted by molar-refractivity contribution is -0.314. The maximum absolute atomic E-state index is 12.9. The topological polar surface area (TPSA) is 83.5 Å². The van der Waals surface area contributed by atoms with Crippen LogP contribution in [0.25, 0.3) is 0 Å². The SMILES string of the molecule is CCC(C(=O)OC(C)(C)C)C1(CC[C@]2(OC)OC[C@@H](C)[C@H](O)[C@@H]2C)OCCO1. The number of hydrogen-bond donors (Lipinski definition) is 1. The van der Waals surface area contributed by atoms with Gasteiger partial charge in [0, 0.05) is 31.8 Å². The van der Waals surface area contributed by atoms with Crippen molar-refractivity contribution in [1.82, 2.24) is 0 Å². The Labute approximate surface area is 169 Å². The molecule has 7 heteroatoms. The summed E-state index contributed by atoms with van der Waals surface area (Å²) in [4.78, 5) is 12.9. The van der Waals surface area contributed by atoms with Crippen molar-refractivity contribution in [3.63, 3.8) is 0 Å². The van der Waals surface area contributed by atoms with Gasteiger partial charge in [-0.1, -0.05) is 20.8 Å². The van der Waals surface area contributed by atoms with Crippen LogP contribution in [0, 0.1) is 17.8 Å². The zero-order valence-corrected chi connectivity index (χ0v) is 18.4. The first-order valence-corrected chi connectivity index (χ1v) is 10.4. The molecular formula is C21H38O7. The summed E-state index contributed by atoms with van der Waals surface area (Å²) in [6.07, 6.45) is 0.853. The van der Waals surface area contributed by atoms with E-state index in [4.69, 9.17) is 23.7 Å². The van der Waals surface area contributed by atoms with E-state index in [1.807, 2.05) is 41.5 Å². The quantitative estimate of drug-likeness (QED) is 0.656. The van der Waals surface area contributed by atoms with Gasteiger partial charge in [-0.3, -0.25) is 4.79 Å². The Balaban J connectivity index is 2.20. The molecule has 0 spiro atoms. The number of aliphatic hydroxyl groups is 1. The van der Waals surface area contributed by atoms with E-state index in [-0.39, 0.29) is 17.8 Å². The van der Waals surface area contributed by atoms with Crippen LogP contribution in [0.3, 0.4) is 0 Å². The van der Waals surface area contributed by atoms with Gasteiger partial charge in [0.1, 0.15) is 11.5 Å². The molecule has 164 valence electrons. The first kappa shape index (κ1) is 23.5. The molecule has 1 unspecified atom stereocenters. The molecule has 0 amide bonds. The van der Waals surface area contributed by atoms with Crippen molar-refractivity contribution in [2.45, 2.75) is 84.1 Å². The normalized spacial score (nSPS) is 34.2. The van der Waals surface area contributed by atoms with Gasteiger partial charge >= 0.3 is 5.97 Å². The number of carbonyl (C=O) groups excluding carboxylic acids is 1. The maximum Gasteiger partial charge on any atom is 0.314 e. The summed E-state index contributed by atoms with van der Waals surface area (Å²) in [5.74, 6) is -3.07. The van der Waals surface area contributed by atoms with Crippen molar-refractivity contribution in [3.8, 4) is 0 Å². The number of methoxy groups -OCH3 is 1. The van der Waals surface area contributed by atoms with Gasteiger partial charge in [0.25, 0.3) is 0 Å². The summed E-state index contributed by atoms with van der Waals surface area (Å²) < 4.78 is 29.4. The third-order valence-electron chi connectivity index (χ3n) is 5.95. The Morgan fingerprint density at radius 1 is 1.18 bits per heavy atom. The van der Waals surface area contributed by atoms with Crippen LogP contribution in [-0.4, -0.2) is 61.3 Å². The summed E-state index contributed by atoms with van der Waals surface area (Å²) in [6.45, 7) is 12.6. The minimum atomic E-state index is -1.07. The highest BCUT2D eigenvalue weighted by atomic mass is 16.7. The number of esters is 1. The molecule has 0 aliphatic carbocycles. The van der Waals surface area contributed by atoms with E-state index in [9.17, 15) is 9.90 Å². The highest BCUT2D eigenvalue weighted by molar-refractivity contribution is 5.74. The minimum Gasteiger partial charge on any atom is -0.460 e. The average Bonchev–Trinajstić information content (AvgIpc) is 3.08. The van der Waals surface area contributed by atoms with Crippen LogP contribution < -0.4 is 0 Å². The second-order valence-corrected chi connectivity index (χ2v) is 9.09. The number of hydrogen-bond acceptors (Lipinski definition) is 7. The number of rotatable bonds is 7. The second-order valence-electron chi connectivity index (χ2n) is 9.09. The Bertz CT molecular complexity index is 523. The molecule has 0 aromatic rings. The van der Waals surface area contributed by atoms with Crippen molar-refractivity contribution in [2.24, 2.45) is 17.8 Å². The minimum absolute atomic E-state index is 0.0383. The third kappa shape index (κ3) is 4.87. The fourth-order valence-corrected chi connectivity index (χ4v) is 4.27. The number of carbonyl (C=O) groups is 1. The largest absolute Gasteiger partial charge is 0.460 e. The first-order valence-electron chi connectivity index (χ1n) is 10.4. The van der Waals surface area contributed by atoms with Crippen molar-refractivity contribution in [1.29, 1.82) is 0 Å². The van der Waals surface area contributed by atoms with E-state index in [0.717, 1.165) is 0 Å². The molecule has 0 aromatic carbocycles. The monoisotopic (exact) mass is 402 g/mol. The van der Waals surface area contributed by atoms with Crippen LogP contribution in [0.15, 0.2) is 0 Å². The van der Waals surface area contributed by atoms with Gasteiger partial charge in [-0.15, -0.1) is 0 Å². The zero-order chi connectivity index (χ0) is 21.2. The van der Waals surface area contributed by atoms with Gasteiger partial charge in [0.2, 0.25) is 0 Å². The highest BCUT2D eigenvalue weighted by Crippen LogP contribution is 2.43. The maximum atomic E-state index is 12.9. The molecule has 5 atom stereocenters. The molecule has 0 radical (unpaired) electrons. The predicted molar refractivity (Wildman–Crippen MR) is 104 cm³/mol. The van der Waals surface area contributed by atoms with Crippen molar-refractivity contribution < 1.29 is 33.6 Å².